The van der Waals surface area contributed by atoms with E-state index < -0.39 is 0 Å². The van der Waals surface area contributed by atoms with Crippen molar-refractivity contribution < 1.29 is 14.3 Å². The molecule has 2 N–H and O–H groups in total. The maximum Gasteiger partial charge on any atom is 0.231 e. The number of allylic oxidation sites excluding steroid dienone is 1. The molecule has 0 bridgehead atoms. The first-order valence-corrected chi connectivity index (χ1v) is 10.1. The minimum absolute atomic E-state index is 0.0629. The van der Waals surface area contributed by atoms with Gasteiger partial charge < -0.3 is 20.1 Å². The molecular weight excluding hydrogens is 364 g/mol. The number of carbonyl (C=O) groups is 1. The molecule has 0 radical (unpaired) electrons. The molecule has 0 saturated carbocycles. The number of fused-ring (bicyclic) bond motifs is 2. The van der Waals surface area contributed by atoms with Gasteiger partial charge in [-0.3, -0.25) is 4.79 Å². The normalized spacial score (nSPS) is 21.7. The van der Waals surface area contributed by atoms with Crippen molar-refractivity contribution in [2.75, 3.05) is 17.4 Å². The quantitative estimate of drug-likeness (QED) is 0.696. The summed E-state index contributed by atoms with van der Waals surface area (Å²) in [5.41, 5.74) is 7.26. The summed E-state index contributed by atoms with van der Waals surface area (Å²) < 4.78 is 11.1. The van der Waals surface area contributed by atoms with Gasteiger partial charge in [0.05, 0.1) is 17.4 Å². The average Bonchev–Trinajstić information content (AvgIpc) is 3.05. The lowest BCUT2D eigenvalue weighted by Crippen LogP contribution is -2.31. The lowest BCUT2D eigenvalue weighted by Gasteiger charge is -2.34. The van der Waals surface area contributed by atoms with Crippen molar-refractivity contribution in [2.24, 2.45) is 5.41 Å². The van der Waals surface area contributed by atoms with Gasteiger partial charge in [0.1, 0.15) is 0 Å². The molecule has 0 aromatic heterocycles. The summed E-state index contributed by atoms with van der Waals surface area (Å²) in [4.78, 5) is 13.3. The van der Waals surface area contributed by atoms with Gasteiger partial charge in [-0.05, 0) is 66.6 Å². The Morgan fingerprint density at radius 3 is 2.48 bits per heavy atom. The molecule has 0 saturated heterocycles. The molecule has 2 heterocycles. The van der Waals surface area contributed by atoms with E-state index in [9.17, 15) is 4.79 Å². The molecule has 0 spiro atoms. The predicted molar refractivity (Wildman–Crippen MR) is 114 cm³/mol. The Bertz CT molecular complexity index is 1070. The van der Waals surface area contributed by atoms with Crippen LogP contribution in [0.3, 0.4) is 0 Å². The lowest BCUT2D eigenvalue weighted by atomic mass is 9.73. The van der Waals surface area contributed by atoms with E-state index in [0.717, 1.165) is 46.1 Å². The number of Topliss-reactive ketones (excluding diaryl/α,β-unsaturated/α-hetero) is 1. The molecule has 3 aliphatic rings. The Balaban J connectivity index is 1.68. The number of anilines is 2. The minimum Gasteiger partial charge on any atom is -0.454 e. The lowest BCUT2D eigenvalue weighted by molar-refractivity contribution is -0.118. The number of ether oxygens (including phenoxy) is 2. The van der Waals surface area contributed by atoms with E-state index in [-0.39, 0.29) is 24.0 Å². The molecule has 2 aliphatic heterocycles. The smallest absolute Gasteiger partial charge is 0.231 e. The second-order valence-electron chi connectivity index (χ2n) is 9.13. The van der Waals surface area contributed by atoms with Gasteiger partial charge in [-0.15, -0.1) is 0 Å². The van der Waals surface area contributed by atoms with E-state index in [1.165, 1.54) is 11.1 Å². The molecule has 5 rings (SSSR count). The standard InChI is InChI=1S/C24H26N2O3/c1-13-7-16-17(8-14(13)2)26-23(15-5-6-20-21(9-15)29-12-28-20)22-18(25-16)10-24(3,4)11-19(22)27/h5-9,23,25-26H,10-12H2,1-4H3/t23-/m1/s1. The van der Waals surface area contributed by atoms with Crippen LogP contribution in [0.25, 0.3) is 0 Å². The highest BCUT2D eigenvalue weighted by atomic mass is 16.7. The van der Waals surface area contributed by atoms with E-state index in [0.29, 0.717) is 6.42 Å². The summed E-state index contributed by atoms with van der Waals surface area (Å²) in [7, 11) is 0. The number of rotatable bonds is 1. The highest BCUT2D eigenvalue weighted by Crippen LogP contribution is 2.47. The van der Waals surface area contributed by atoms with Crippen molar-refractivity contribution in [1.82, 2.24) is 0 Å². The van der Waals surface area contributed by atoms with E-state index in [4.69, 9.17) is 9.47 Å². The Kier molecular flexibility index (Phi) is 3.92. The Labute approximate surface area is 171 Å². The first-order chi connectivity index (χ1) is 13.8. The number of aryl methyl sites for hydroxylation is 2. The van der Waals surface area contributed by atoms with Crippen molar-refractivity contribution in [3.63, 3.8) is 0 Å². The van der Waals surface area contributed by atoms with Crippen LogP contribution in [-0.2, 0) is 4.79 Å². The third-order valence-corrected chi connectivity index (χ3v) is 6.16. The molecule has 1 atom stereocenters. The largest absolute Gasteiger partial charge is 0.454 e. The molecule has 2 aromatic rings. The molecule has 150 valence electrons. The Morgan fingerprint density at radius 2 is 1.69 bits per heavy atom. The zero-order chi connectivity index (χ0) is 20.3. The van der Waals surface area contributed by atoms with Crippen LogP contribution in [0, 0.1) is 19.3 Å². The van der Waals surface area contributed by atoms with E-state index in [1.807, 2.05) is 18.2 Å². The van der Waals surface area contributed by atoms with E-state index in [1.54, 1.807) is 0 Å². The molecule has 5 heteroatoms. The highest BCUT2D eigenvalue weighted by Gasteiger charge is 2.39. The van der Waals surface area contributed by atoms with Crippen LogP contribution in [0.4, 0.5) is 11.4 Å². The van der Waals surface area contributed by atoms with Crippen LogP contribution < -0.4 is 20.1 Å². The molecule has 5 nitrogen and oxygen atoms in total. The fourth-order valence-electron chi connectivity index (χ4n) is 4.55. The third kappa shape index (κ3) is 3.05. The summed E-state index contributed by atoms with van der Waals surface area (Å²) >= 11 is 0. The van der Waals surface area contributed by atoms with Crippen molar-refractivity contribution in [3.8, 4) is 11.5 Å². The van der Waals surface area contributed by atoms with Gasteiger partial charge in [-0.2, -0.15) is 0 Å². The van der Waals surface area contributed by atoms with Crippen molar-refractivity contribution in [3.05, 3.63) is 58.3 Å². The minimum atomic E-state index is -0.237. The monoisotopic (exact) mass is 390 g/mol. The van der Waals surface area contributed by atoms with Crippen molar-refractivity contribution in [1.29, 1.82) is 0 Å². The molecule has 0 amide bonds. The van der Waals surface area contributed by atoms with Crippen LogP contribution >= 0.6 is 0 Å². The topological polar surface area (TPSA) is 59.6 Å². The van der Waals surface area contributed by atoms with E-state index in [2.05, 4.69) is 50.5 Å². The first-order valence-electron chi connectivity index (χ1n) is 10.1. The third-order valence-electron chi connectivity index (χ3n) is 6.16. The van der Waals surface area contributed by atoms with E-state index >= 15 is 0 Å². The fourth-order valence-corrected chi connectivity index (χ4v) is 4.55. The number of carbonyl (C=O) groups excluding carboxylic acids is 1. The maximum absolute atomic E-state index is 13.3. The van der Waals surface area contributed by atoms with Crippen LogP contribution in [0.15, 0.2) is 41.6 Å². The number of benzene rings is 2. The fraction of sp³-hybridized carbons (Fsp3) is 0.375. The second kappa shape index (κ2) is 6.28. The Hall–Kier alpha value is -2.95. The van der Waals surface area contributed by atoms with Gasteiger partial charge in [0.15, 0.2) is 17.3 Å². The maximum atomic E-state index is 13.3. The van der Waals surface area contributed by atoms with Crippen LogP contribution in [0.5, 0.6) is 11.5 Å². The van der Waals surface area contributed by atoms with Crippen LogP contribution in [0.2, 0.25) is 0 Å². The molecule has 0 fully saturated rings. The number of nitrogens with one attached hydrogen (secondary N) is 2. The molecule has 2 aromatic carbocycles. The van der Waals surface area contributed by atoms with Crippen LogP contribution in [-0.4, -0.2) is 12.6 Å². The SMILES string of the molecule is Cc1cc2c(cc1C)N[C@H](c1ccc3c(c1)OCO3)C1=C(CC(C)(C)CC1=O)N2. The number of hydrogen-bond acceptors (Lipinski definition) is 5. The van der Waals surface area contributed by atoms with Gasteiger partial charge in [0.2, 0.25) is 6.79 Å². The zero-order valence-electron chi connectivity index (χ0n) is 17.3. The summed E-state index contributed by atoms with van der Waals surface area (Å²) in [5.74, 6) is 1.67. The number of hydrogen-bond donors (Lipinski definition) is 2. The van der Waals surface area contributed by atoms with Gasteiger partial charge in [0.25, 0.3) is 0 Å². The summed E-state index contributed by atoms with van der Waals surface area (Å²) in [6, 6.07) is 10.0. The summed E-state index contributed by atoms with van der Waals surface area (Å²) in [5, 5.41) is 7.26. The summed E-state index contributed by atoms with van der Waals surface area (Å²) in [6.07, 6.45) is 1.38. The molecule has 1 aliphatic carbocycles. The summed E-state index contributed by atoms with van der Waals surface area (Å²) in [6.45, 7) is 8.78. The Morgan fingerprint density at radius 1 is 0.966 bits per heavy atom. The van der Waals surface area contributed by atoms with Gasteiger partial charge >= 0.3 is 0 Å². The molecule has 29 heavy (non-hydrogen) atoms. The average molecular weight is 390 g/mol. The van der Waals surface area contributed by atoms with Crippen LogP contribution in [0.1, 0.15) is 49.4 Å². The zero-order valence-corrected chi connectivity index (χ0v) is 17.3. The van der Waals surface area contributed by atoms with Crippen molar-refractivity contribution >= 4 is 17.2 Å². The first kappa shape index (κ1) is 18.1. The second-order valence-corrected chi connectivity index (χ2v) is 9.13. The van der Waals surface area contributed by atoms with Crippen molar-refractivity contribution in [2.45, 2.75) is 46.6 Å². The molecule has 0 unspecified atom stereocenters. The van der Waals surface area contributed by atoms with Gasteiger partial charge in [-0.25, -0.2) is 0 Å². The molecular formula is C24H26N2O3. The predicted octanol–water partition coefficient (Wildman–Crippen LogP) is 5.25. The van der Waals surface area contributed by atoms with Gasteiger partial charge in [0, 0.05) is 17.7 Å². The van der Waals surface area contributed by atoms with Gasteiger partial charge in [-0.1, -0.05) is 19.9 Å². The highest BCUT2D eigenvalue weighted by molar-refractivity contribution is 6.01. The number of ketones is 1.